The first-order chi connectivity index (χ1) is 10.3. The molecule has 0 saturated carbocycles. The van der Waals surface area contributed by atoms with Crippen molar-refractivity contribution in [2.45, 2.75) is 22.8 Å². The second kappa shape index (κ2) is 6.54. The Bertz CT molecular complexity index is 683. The van der Waals surface area contributed by atoms with Gasteiger partial charge in [0.1, 0.15) is 18.2 Å². The van der Waals surface area contributed by atoms with Gasteiger partial charge in [-0.05, 0) is 18.2 Å². The Morgan fingerprint density at radius 2 is 2.29 bits per heavy atom. The molecule has 0 aliphatic heterocycles. The maximum absolute atomic E-state index is 4.36. The smallest absolute Gasteiger partial charge is 0.257 e. The van der Waals surface area contributed by atoms with Crippen LogP contribution in [-0.2, 0) is 0 Å². The second-order valence-electron chi connectivity index (χ2n) is 3.82. The van der Waals surface area contributed by atoms with Gasteiger partial charge in [0.15, 0.2) is 4.34 Å². The van der Waals surface area contributed by atoms with E-state index in [9.17, 15) is 0 Å². The third kappa shape index (κ3) is 3.49. The highest BCUT2D eigenvalue weighted by Gasteiger charge is 2.11. The number of anilines is 1. The average molecular weight is 321 g/mol. The van der Waals surface area contributed by atoms with Crippen molar-refractivity contribution in [3.05, 3.63) is 18.2 Å². The van der Waals surface area contributed by atoms with Crippen LogP contribution in [0.3, 0.4) is 0 Å². The number of nitrogens with zero attached hydrogens (tertiary/aromatic N) is 8. The molecular weight excluding hydrogens is 310 g/mol. The molecule has 9 nitrogen and oxygen atoms in total. The fraction of sp³-hybridized carbons (Fsp3) is 0.300. The summed E-state index contributed by atoms with van der Waals surface area (Å²) in [5.41, 5.74) is 1.66. The molecule has 0 amide bonds. The Labute approximate surface area is 128 Å². The van der Waals surface area contributed by atoms with E-state index in [1.165, 1.54) is 34.1 Å². The molecule has 0 aromatic carbocycles. The van der Waals surface area contributed by atoms with Crippen LogP contribution in [0.2, 0.25) is 0 Å². The first-order valence-electron chi connectivity index (χ1n) is 6.14. The van der Waals surface area contributed by atoms with Crippen molar-refractivity contribution in [3.8, 4) is 5.95 Å². The summed E-state index contributed by atoms with van der Waals surface area (Å²) in [5, 5.41) is 15.5. The highest BCUT2D eigenvalue weighted by Crippen LogP contribution is 2.26. The first-order valence-corrected chi connectivity index (χ1v) is 7.83. The standard InChI is InChI=1S/C10H11N9S2/c1-2-3-12-7-15-8(19-5-11-4-14-19)17-9(16-7)21-10-18-13-6-20-10/h4-6H,2-3H2,1H3,(H,12,15,16,17). The van der Waals surface area contributed by atoms with Gasteiger partial charge in [-0.2, -0.15) is 24.7 Å². The lowest BCUT2D eigenvalue weighted by atomic mass is 10.5. The van der Waals surface area contributed by atoms with Crippen molar-refractivity contribution < 1.29 is 0 Å². The van der Waals surface area contributed by atoms with Gasteiger partial charge in [0.2, 0.25) is 11.1 Å². The van der Waals surface area contributed by atoms with Crippen LogP contribution in [0.5, 0.6) is 0 Å². The summed E-state index contributed by atoms with van der Waals surface area (Å²) in [6.45, 7) is 2.85. The minimum Gasteiger partial charge on any atom is -0.354 e. The zero-order valence-electron chi connectivity index (χ0n) is 11.0. The van der Waals surface area contributed by atoms with E-state index in [1.807, 2.05) is 0 Å². The Hall–Kier alpha value is -2.14. The van der Waals surface area contributed by atoms with Crippen LogP contribution in [0.4, 0.5) is 5.95 Å². The van der Waals surface area contributed by atoms with Crippen LogP contribution in [-0.4, -0.2) is 46.5 Å². The Balaban J connectivity index is 1.92. The van der Waals surface area contributed by atoms with E-state index in [-0.39, 0.29) is 0 Å². The minimum atomic E-state index is 0.410. The van der Waals surface area contributed by atoms with E-state index in [1.54, 1.807) is 11.8 Å². The molecule has 108 valence electrons. The fourth-order valence-electron chi connectivity index (χ4n) is 1.41. The number of rotatable bonds is 6. The number of hydrogen-bond acceptors (Lipinski definition) is 10. The largest absolute Gasteiger partial charge is 0.354 e. The van der Waals surface area contributed by atoms with Gasteiger partial charge < -0.3 is 5.32 Å². The summed E-state index contributed by atoms with van der Waals surface area (Å²) < 4.78 is 2.26. The van der Waals surface area contributed by atoms with Crippen molar-refractivity contribution in [1.29, 1.82) is 0 Å². The first kappa shape index (κ1) is 13.8. The summed E-state index contributed by atoms with van der Waals surface area (Å²) in [7, 11) is 0. The fourth-order valence-corrected chi connectivity index (χ4v) is 2.73. The van der Waals surface area contributed by atoms with Crippen molar-refractivity contribution in [1.82, 2.24) is 39.9 Å². The van der Waals surface area contributed by atoms with Crippen molar-refractivity contribution in [3.63, 3.8) is 0 Å². The molecular formula is C10H11N9S2. The topological polar surface area (TPSA) is 107 Å². The maximum atomic E-state index is 4.36. The van der Waals surface area contributed by atoms with E-state index in [0.717, 1.165) is 17.3 Å². The van der Waals surface area contributed by atoms with E-state index in [0.29, 0.717) is 17.1 Å². The third-order valence-corrected chi connectivity index (χ3v) is 3.92. The van der Waals surface area contributed by atoms with Crippen LogP contribution in [0.1, 0.15) is 13.3 Å². The molecule has 0 unspecified atom stereocenters. The van der Waals surface area contributed by atoms with Crippen molar-refractivity contribution >= 4 is 29.0 Å². The molecule has 0 bridgehead atoms. The number of hydrogen-bond donors (Lipinski definition) is 1. The lowest BCUT2D eigenvalue weighted by Gasteiger charge is -2.06. The average Bonchev–Trinajstić information content (AvgIpc) is 3.18. The van der Waals surface area contributed by atoms with Crippen molar-refractivity contribution in [2.75, 3.05) is 11.9 Å². The predicted octanol–water partition coefficient (Wildman–Crippen LogP) is 1.28. The molecule has 21 heavy (non-hydrogen) atoms. The summed E-state index contributed by atoms with van der Waals surface area (Å²) >= 11 is 2.76. The summed E-state index contributed by atoms with van der Waals surface area (Å²) in [5.74, 6) is 0.914. The lowest BCUT2D eigenvalue weighted by Crippen LogP contribution is -2.10. The van der Waals surface area contributed by atoms with Gasteiger partial charge in [-0.15, -0.1) is 10.2 Å². The molecule has 3 aromatic rings. The molecule has 0 saturated heterocycles. The van der Waals surface area contributed by atoms with Gasteiger partial charge in [0, 0.05) is 6.54 Å². The zero-order valence-corrected chi connectivity index (χ0v) is 12.7. The molecule has 0 spiro atoms. The van der Waals surface area contributed by atoms with Gasteiger partial charge in [-0.1, -0.05) is 18.3 Å². The maximum Gasteiger partial charge on any atom is 0.257 e. The quantitative estimate of drug-likeness (QED) is 0.718. The summed E-state index contributed by atoms with van der Waals surface area (Å²) in [6.07, 6.45) is 3.95. The Morgan fingerprint density at radius 3 is 3.00 bits per heavy atom. The molecule has 3 heterocycles. The predicted molar refractivity (Wildman–Crippen MR) is 77.6 cm³/mol. The molecule has 0 atom stereocenters. The molecule has 11 heteroatoms. The molecule has 0 aliphatic carbocycles. The number of nitrogens with one attached hydrogen (secondary N) is 1. The summed E-state index contributed by atoms with van der Waals surface area (Å²) in [6, 6.07) is 0. The van der Waals surface area contributed by atoms with Gasteiger partial charge in [0.05, 0.1) is 0 Å². The SMILES string of the molecule is CCCNc1nc(Sc2nncs2)nc(-n2cncn2)n1. The molecule has 3 rings (SSSR count). The van der Waals surface area contributed by atoms with Gasteiger partial charge in [-0.25, -0.2) is 4.98 Å². The van der Waals surface area contributed by atoms with E-state index in [2.05, 4.69) is 47.5 Å². The number of aromatic nitrogens is 8. The molecule has 0 fully saturated rings. The van der Waals surface area contributed by atoms with E-state index >= 15 is 0 Å². The van der Waals surface area contributed by atoms with Gasteiger partial charge in [-0.3, -0.25) is 0 Å². The summed E-state index contributed by atoms with van der Waals surface area (Å²) in [4.78, 5) is 16.9. The van der Waals surface area contributed by atoms with Gasteiger partial charge in [0.25, 0.3) is 5.95 Å². The Kier molecular flexibility index (Phi) is 4.31. The van der Waals surface area contributed by atoms with Crippen LogP contribution in [0.15, 0.2) is 27.7 Å². The third-order valence-electron chi connectivity index (χ3n) is 2.28. The minimum absolute atomic E-state index is 0.410. The van der Waals surface area contributed by atoms with E-state index < -0.39 is 0 Å². The molecule has 0 aliphatic rings. The molecule has 0 radical (unpaired) electrons. The Morgan fingerprint density at radius 1 is 1.33 bits per heavy atom. The zero-order chi connectivity index (χ0) is 14.5. The van der Waals surface area contributed by atoms with Crippen LogP contribution >= 0.6 is 23.1 Å². The van der Waals surface area contributed by atoms with E-state index in [4.69, 9.17) is 0 Å². The lowest BCUT2D eigenvalue weighted by molar-refractivity contribution is 0.756. The van der Waals surface area contributed by atoms with Crippen LogP contribution < -0.4 is 5.32 Å². The molecule has 1 N–H and O–H groups in total. The highest BCUT2D eigenvalue weighted by atomic mass is 32.2. The molecule has 3 aromatic heterocycles. The van der Waals surface area contributed by atoms with Crippen LogP contribution in [0.25, 0.3) is 5.95 Å². The monoisotopic (exact) mass is 321 g/mol. The van der Waals surface area contributed by atoms with Crippen molar-refractivity contribution in [2.24, 2.45) is 0 Å². The second-order valence-corrected chi connectivity index (χ2v) is 5.86. The highest BCUT2D eigenvalue weighted by molar-refractivity contribution is 8.00. The normalized spacial score (nSPS) is 10.7. The van der Waals surface area contributed by atoms with Crippen LogP contribution in [0, 0.1) is 0 Å². The van der Waals surface area contributed by atoms with Gasteiger partial charge >= 0.3 is 0 Å².